The number of ether oxygens (including phenoxy) is 1. The summed E-state index contributed by atoms with van der Waals surface area (Å²) in [4.78, 5) is 32.7. The zero-order valence-corrected chi connectivity index (χ0v) is 23.7. The summed E-state index contributed by atoms with van der Waals surface area (Å²) >= 11 is 0. The molecule has 226 valence electrons. The number of nitrogens with zero attached hydrogens (tertiary/aromatic N) is 1. The second-order valence-corrected chi connectivity index (χ2v) is 11.4. The Bertz CT molecular complexity index is 1420. The second-order valence-electron chi connectivity index (χ2n) is 11.4. The molecule has 11 heteroatoms. The lowest BCUT2D eigenvalue weighted by Gasteiger charge is -2.50. The standard InChI is InChI=1S/C25H29NO3.C6H8O7/c1-26(2)17-19-16-24(13-14-25(19,27)18-8-4-3-5-9-18)23-21(12-15-28-24)20-10-6-7-11-22(20)29-23;7-3(8)1-6(13,5(11)12)2-4(9)10/h3-11,19,27H,12-17H2,1-2H3;13H,1-2H2,(H,7,8)(H,9,10)(H,11,12). The highest BCUT2D eigenvalue weighted by molar-refractivity contribution is 5.88. The van der Waals surface area contributed by atoms with Crippen LogP contribution in [0.25, 0.3) is 11.0 Å². The number of carboxylic acid groups (broad SMARTS) is 3. The maximum Gasteiger partial charge on any atom is 0.336 e. The van der Waals surface area contributed by atoms with Crippen LogP contribution in [0.3, 0.4) is 0 Å². The molecule has 1 aliphatic carbocycles. The molecule has 3 aromatic rings. The number of carbonyl (C=O) groups is 3. The third-order valence-corrected chi connectivity index (χ3v) is 8.15. The highest BCUT2D eigenvalue weighted by Gasteiger charge is 2.54. The summed E-state index contributed by atoms with van der Waals surface area (Å²) in [5.74, 6) is -3.98. The molecule has 42 heavy (non-hydrogen) atoms. The largest absolute Gasteiger partial charge is 0.481 e. The monoisotopic (exact) mass is 583 g/mol. The normalized spacial score (nSPS) is 23.7. The third kappa shape index (κ3) is 6.34. The van der Waals surface area contributed by atoms with Crippen molar-refractivity contribution in [3.05, 3.63) is 71.5 Å². The Morgan fingerprint density at radius 1 is 0.952 bits per heavy atom. The molecule has 2 heterocycles. The van der Waals surface area contributed by atoms with Gasteiger partial charge in [-0.1, -0.05) is 48.5 Å². The maximum atomic E-state index is 11.8. The number of hydrogen-bond donors (Lipinski definition) is 5. The average Bonchev–Trinajstić information content (AvgIpc) is 3.31. The summed E-state index contributed by atoms with van der Waals surface area (Å²) in [7, 11) is 4.14. The quantitative estimate of drug-likeness (QED) is 0.263. The number of aliphatic hydroxyl groups is 2. The Morgan fingerprint density at radius 2 is 1.57 bits per heavy atom. The molecular weight excluding hydrogens is 546 g/mol. The molecule has 1 aliphatic heterocycles. The van der Waals surface area contributed by atoms with Crippen LogP contribution in [0.4, 0.5) is 0 Å². The second kappa shape index (κ2) is 12.2. The highest BCUT2D eigenvalue weighted by atomic mass is 16.5. The SMILES string of the molecule is CN(C)CC1CC2(CCC1(O)c1ccccc1)OCCc1c2oc2ccccc12.O=C(O)CC(O)(CC(=O)O)C(=O)O. The summed E-state index contributed by atoms with van der Waals surface area (Å²) in [5, 5.41) is 46.9. The molecule has 0 bridgehead atoms. The highest BCUT2D eigenvalue weighted by Crippen LogP contribution is 2.54. The smallest absolute Gasteiger partial charge is 0.336 e. The van der Waals surface area contributed by atoms with Crippen molar-refractivity contribution < 1.29 is 49.1 Å². The molecule has 0 amide bonds. The molecule has 2 aromatic carbocycles. The van der Waals surface area contributed by atoms with E-state index < -0.39 is 47.6 Å². The minimum absolute atomic E-state index is 0.0489. The van der Waals surface area contributed by atoms with Gasteiger partial charge < -0.3 is 39.6 Å². The van der Waals surface area contributed by atoms with E-state index in [0.29, 0.717) is 13.0 Å². The van der Waals surface area contributed by atoms with Crippen LogP contribution >= 0.6 is 0 Å². The summed E-state index contributed by atoms with van der Waals surface area (Å²) < 4.78 is 12.9. The van der Waals surface area contributed by atoms with Gasteiger partial charge in [-0.05, 0) is 51.4 Å². The van der Waals surface area contributed by atoms with Crippen LogP contribution < -0.4 is 0 Å². The number of aliphatic carboxylic acids is 3. The van der Waals surface area contributed by atoms with E-state index in [4.69, 9.17) is 29.6 Å². The lowest BCUT2D eigenvalue weighted by atomic mass is 9.64. The Balaban J connectivity index is 0.000000266. The molecule has 0 radical (unpaired) electrons. The number of carboxylic acids is 3. The van der Waals surface area contributed by atoms with E-state index in [-0.39, 0.29) is 5.92 Å². The van der Waals surface area contributed by atoms with Crippen molar-refractivity contribution in [1.82, 2.24) is 4.90 Å². The van der Waals surface area contributed by atoms with Gasteiger partial charge in [0.2, 0.25) is 0 Å². The molecule has 1 aromatic heterocycles. The van der Waals surface area contributed by atoms with E-state index in [1.807, 2.05) is 30.3 Å². The molecule has 3 unspecified atom stereocenters. The van der Waals surface area contributed by atoms with Gasteiger partial charge in [0.15, 0.2) is 5.60 Å². The van der Waals surface area contributed by atoms with Crippen LogP contribution in [0.15, 0.2) is 59.0 Å². The van der Waals surface area contributed by atoms with Gasteiger partial charge >= 0.3 is 17.9 Å². The summed E-state index contributed by atoms with van der Waals surface area (Å²) in [5.41, 5.74) is -0.811. The van der Waals surface area contributed by atoms with Crippen molar-refractivity contribution in [2.24, 2.45) is 5.92 Å². The Labute approximate surface area is 242 Å². The third-order valence-electron chi connectivity index (χ3n) is 8.15. The van der Waals surface area contributed by atoms with Crippen LogP contribution in [0.5, 0.6) is 0 Å². The van der Waals surface area contributed by atoms with Crippen molar-refractivity contribution in [2.45, 2.75) is 55.3 Å². The van der Waals surface area contributed by atoms with E-state index in [1.165, 1.54) is 10.9 Å². The van der Waals surface area contributed by atoms with Crippen LogP contribution in [0.2, 0.25) is 0 Å². The van der Waals surface area contributed by atoms with Crippen LogP contribution in [0, 0.1) is 5.92 Å². The fourth-order valence-corrected chi connectivity index (χ4v) is 6.21. The molecule has 5 rings (SSSR count). The van der Waals surface area contributed by atoms with E-state index >= 15 is 0 Å². The molecule has 1 spiro atoms. The minimum atomic E-state index is -2.74. The van der Waals surface area contributed by atoms with Crippen molar-refractivity contribution in [1.29, 1.82) is 0 Å². The van der Waals surface area contributed by atoms with Crippen molar-refractivity contribution in [3.63, 3.8) is 0 Å². The van der Waals surface area contributed by atoms with Crippen molar-refractivity contribution >= 4 is 28.9 Å². The van der Waals surface area contributed by atoms with Crippen molar-refractivity contribution in [3.8, 4) is 0 Å². The molecule has 2 aliphatic rings. The van der Waals surface area contributed by atoms with Crippen LogP contribution in [0.1, 0.15) is 49.0 Å². The van der Waals surface area contributed by atoms with Gasteiger partial charge in [0.1, 0.15) is 16.9 Å². The zero-order chi connectivity index (χ0) is 30.7. The molecule has 11 nitrogen and oxygen atoms in total. The first kappa shape index (κ1) is 31.2. The number of para-hydroxylation sites is 1. The van der Waals surface area contributed by atoms with Gasteiger partial charge in [0.05, 0.1) is 25.0 Å². The maximum absolute atomic E-state index is 11.8. The molecule has 1 saturated carbocycles. The molecule has 0 saturated heterocycles. The van der Waals surface area contributed by atoms with Gasteiger partial charge in [-0.3, -0.25) is 9.59 Å². The first-order valence-corrected chi connectivity index (χ1v) is 13.8. The Morgan fingerprint density at radius 3 is 2.17 bits per heavy atom. The van der Waals surface area contributed by atoms with Gasteiger partial charge in [-0.25, -0.2) is 4.79 Å². The number of hydrogen-bond acceptors (Lipinski definition) is 8. The average molecular weight is 584 g/mol. The number of benzene rings is 2. The lowest BCUT2D eigenvalue weighted by Crippen LogP contribution is -2.51. The topological polar surface area (TPSA) is 178 Å². The molecular formula is C31H37NO10. The first-order chi connectivity index (χ1) is 19.8. The van der Waals surface area contributed by atoms with Gasteiger partial charge in [-0.2, -0.15) is 0 Å². The lowest BCUT2D eigenvalue weighted by molar-refractivity contribution is -0.171. The molecule has 3 atom stereocenters. The van der Waals surface area contributed by atoms with Crippen LogP contribution in [-0.2, 0) is 36.7 Å². The fourth-order valence-electron chi connectivity index (χ4n) is 6.21. The van der Waals surface area contributed by atoms with Crippen LogP contribution in [-0.4, -0.2) is 81.2 Å². The summed E-state index contributed by atoms with van der Waals surface area (Å²) in [6.07, 6.45) is 0.767. The van der Waals surface area contributed by atoms with Gasteiger partial charge in [0, 0.05) is 23.4 Å². The predicted molar refractivity (Wildman–Crippen MR) is 151 cm³/mol. The van der Waals surface area contributed by atoms with Gasteiger partial charge in [-0.15, -0.1) is 0 Å². The molecule has 5 N–H and O–H groups in total. The summed E-state index contributed by atoms with van der Waals surface area (Å²) in [6.45, 7) is 1.50. The van der Waals surface area contributed by atoms with E-state index in [2.05, 4.69) is 43.3 Å². The first-order valence-electron chi connectivity index (χ1n) is 13.8. The van der Waals surface area contributed by atoms with E-state index in [9.17, 15) is 19.5 Å². The van der Waals surface area contributed by atoms with Crippen molar-refractivity contribution in [2.75, 3.05) is 27.2 Å². The number of furan rings is 1. The Hall–Kier alpha value is -3.77. The van der Waals surface area contributed by atoms with E-state index in [1.54, 1.807) is 0 Å². The number of fused-ring (bicyclic) bond motifs is 4. The number of rotatable bonds is 8. The van der Waals surface area contributed by atoms with E-state index in [0.717, 1.165) is 42.7 Å². The zero-order valence-electron chi connectivity index (χ0n) is 23.7. The minimum Gasteiger partial charge on any atom is -0.481 e. The Kier molecular flexibility index (Phi) is 9.07. The van der Waals surface area contributed by atoms with Gasteiger partial charge in [0.25, 0.3) is 0 Å². The molecule has 1 fully saturated rings. The fraction of sp³-hybridized carbons (Fsp3) is 0.452. The summed E-state index contributed by atoms with van der Waals surface area (Å²) in [6, 6.07) is 18.4. The predicted octanol–water partition coefficient (Wildman–Crippen LogP) is 3.20.